The van der Waals surface area contributed by atoms with Crippen LogP contribution in [0.25, 0.3) is 0 Å². The molecule has 0 aliphatic carbocycles. The van der Waals surface area contributed by atoms with Gasteiger partial charge < -0.3 is 9.64 Å². The van der Waals surface area contributed by atoms with Crippen molar-refractivity contribution in [2.24, 2.45) is 0 Å². The van der Waals surface area contributed by atoms with Gasteiger partial charge in [-0.05, 0) is 18.2 Å². The van der Waals surface area contributed by atoms with Gasteiger partial charge in [-0.3, -0.25) is 0 Å². The predicted octanol–water partition coefficient (Wildman–Crippen LogP) is 3.18. The predicted molar refractivity (Wildman–Crippen MR) is 81.3 cm³/mol. The van der Waals surface area contributed by atoms with Gasteiger partial charge in [-0.25, -0.2) is 4.98 Å². The van der Waals surface area contributed by atoms with Crippen LogP contribution in [-0.4, -0.2) is 24.7 Å². The van der Waals surface area contributed by atoms with Crippen molar-refractivity contribution in [1.29, 1.82) is 5.26 Å². The van der Waals surface area contributed by atoms with E-state index in [1.807, 2.05) is 24.3 Å². The lowest BCUT2D eigenvalue weighted by atomic mass is 10.1. The number of hydrogen-bond donors (Lipinski definition) is 0. The quantitative estimate of drug-likeness (QED) is 0.854. The maximum Gasteiger partial charge on any atom is 0.146 e. The number of morpholine rings is 1. The summed E-state index contributed by atoms with van der Waals surface area (Å²) in [7, 11) is 0. The van der Waals surface area contributed by atoms with Crippen molar-refractivity contribution in [3.63, 3.8) is 0 Å². The van der Waals surface area contributed by atoms with Crippen molar-refractivity contribution in [1.82, 2.24) is 4.98 Å². The first-order valence-corrected chi connectivity index (χ1v) is 7.13. The van der Waals surface area contributed by atoms with Gasteiger partial charge >= 0.3 is 0 Å². The average molecular weight is 300 g/mol. The second-order valence-electron chi connectivity index (χ2n) is 4.81. The number of benzene rings is 1. The van der Waals surface area contributed by atoms with E-state index in [2.05, 4.69) is 16.0 Å². The zero-order chi connectivity index (χ0) is 14.7. The summed E-state index contributed by atoms with van der Waals surface area (Å²) in [6.07, 6.45) is 1.59. The summed E-state index contributed by atoms with van der Waals surface area (Å²) in [4.78, 5) is 6.42. The molecule has 21 heavy (non-hydrogen) atoms. The zero-order valence-electron chi connectivity index (χ0n) is 11.4. The third-order valence-electron chi connectivity index (χ3n) is 3.53. The van der Waals surface area contributed by atoms with Crippen LogP contribution >= 0.6 is 11.6 Å². The third-order valence-corrected chi connectivity index (χ3v) is 3.87. The molecule has 1 aliphatic heterocycles. The Morgan fingerprint density at radius 1 is 1.29 bits per heavy atom. The van der Waals surface area contributed by atoms with Crippen molar-refractivity contribution in [2.75, 3.05) is 24.6 Å². The number of rotatable bonds is 2. The number of halogens is 1. The van der Waals surface area contributed by atoms with E-state index in [-0.39, 0.29) is 6.10 Å². The maximum absolute atomic E-state index is 9.21. The second-order valence-corrected chi connectivity index (χ2v) is 5.22. The van der Waals surface area contributed by atoms with Gasteiger partial charge in [0.2, 0.25) is 0 Å². The van der Waals surface area contributed by atoms with E-state index in [0.29, 0.717) is 36.1 Å². The number of hydrogen-bond acceptors (Lipinski definition) is 4. The summed E-state index contributed by atoms with van der Waals surface area (Å²) in [5, 5.41) is 9.91. The largest absolute Gasteiger partial charge is 0.370 e. The van der Waals surface area contributed by atoms with Crippen LogP contribution < -0.4 is 4.90 Å². The molecular weight excluding hydrogens is 286 g/mol. The summed E-state index contributed by atoms with van der Waals surface area (Å²) in [6.45, 7) is 1.93. The molecule has 0 bridgehead atoms. The number of ether oxygens (including phenoxy) is 1. The molecule has 1 aliphatic rings. The molecule has 106 valence electrons. The molecule has 0 saturated carbocycles. The second kappa shape index (κ2) is 6.13. The van der Waals surface area contributed by atoms with Crippen LogP contribution in [0.15, 0.2) is 42.6 Å². The highest BCUT2D eigenvalue weighted by atomic mass is 35.5. The number of anilines is 1. The molecule has 0 N–H and O–H groups in total. The Morgan fingerprint density at radius 3 is 2.95 bits per heavy atom. The zero-order valence-corrected chi connectivity index (χ0v) is 12.1. The molecule has 2 aromatic rings. The van der Waals surface area contributed by atoms with Gasteiger partial charge in [0.05, 0.1) is 12.2 Å². The van der Waals surface area contributed by atoms with Crippen molar-refractivity contribution in [3.8, 4) is 6.07 Å². The highest BCUT2D eigenvalue weighted by Crippen LogP contribution is 2.30. The standard InChI is InChI=1S/C16H14ClN3O/c17-14-6-2-1-5-13(14)15-11-20(8-9-21-15)16-12(10-18)4-3-7-19-16/h1-7,15H,8-9,11H2. The summed E-state index contributed by atoms with van der Waals surface area (Å²) in [5.41, 5.74) is 1.55. The highest BCUT2D eigenvalue weighted by molar-refractivity contribution is 6.31. The first kappa shape index (κ1) is 13.9. The first-order valence-electron chi connectivity index (χ1n) is 6.75. The van der Waals surface area contributed by atoms with Gasteiger partial charge in [-0.15, -0.1) is 0 Å². The van der Waals surface area contributed by atoms with E-state index in [9.17, 15) is 5.26 Å². The maximum atomic E-state index is 9.21. The fraction of sp³-hybridized carbons (Fsp3) is 0.250. The Labute approximate surface area is 128 Å². The molecule has 4 nitrogen and oxygen atoms in total. The van der Waals surface area contributed by atoms with Crippen molar-refractivity contribution in [2.45, 2.75) is 6.10 Å². The molecule has 2 heterocycles. The molecule has 5 heteroatoms. The first-order chi connectivity index (χ1) is 10.3. The van der Waals surface area contributed by atoms with Crippen LogP contribution in [0.3, 0.4) is 0 Å². The fourth-order valence-electron chi connectivity index (χ4n) is 2.50. The number of aromatic nitrogens is 1. The van der Waals surface area contributed by atoms with E-state index in [1.165, 1.54) is 0 Å². The molecule has 1 fully saturated rings. The minimum absolute atomic E-state index is 0.110. The van der Waals surface area contributed by atoms with Gasteiger partial charge in [-0.1, -0.05) is 29.8 Å². The highest BCUT2D eigenvalue weighted by Gasteiger charge is 2.25. The Bertz CT molecular complexity index is 683. The molecule has 1 aromatic carbocycles. The molecule has 0 amide bonds. The molecular formula is C16H14ClN3O. The third kappa shape index (κ3) is 2.85. The van der Waals surface area contributed by atoms with E-state index in [4.69, 9.17) is 16.3 Å². The SMILES string of the molecule is N#Cc1cccnc1N1CCOC(c2ccccc2Cl)C1. The molecule has 0 radical (unpaired) electrons. The lowest BCUT2D eigenvalue weighted by Crippen LogP contribution is -2.39. The van der Waals surface area contributed by atoms with E-state index in [0.717, 1.165) is 5.56 Å². The summed E-state index contributed by atoms with van der Waals surface area (Å²) >= 11 is 6.24. The smallest absolute Gasteiger partial charge is 0.146 e. The Balaban J connectivity index is 1.87. The van der Waals surface area contributed by atoms with Crippen LogP contribution in [0.1, 0.15) is 17.2 Å². The van der Waals surface area contributed by atoms with Crippen LogP contribution in [0.2, 0.25) is 5.02 Å². The number of nitrogens with zero attached hydrogens (tertiary/aromatic N) is 3. The van der Waals surface area contributed by atoms with Gasteiger partial charge in [0.15, 0.2) is 0 Å². The average Bonchev–Trinajstić information content (AvgIpc) is 2.55. The van der Waals surface area contributed by atoms with Crippen LogP contribution in [0.4, 0.5) is 5.82 Å². The van der Waals surface area contributed by atoms with Crippen LogP contribution in [0.5, 0.6) is 0 Å². The van der Waals surface area contributed by atoms with Crippen molar-refractivity contribution >= 4 is 17.4 Å². The molecule has 3 rings (SSSR count). The number of nitriles is 1. The molecule has 0 spiro atoms. The van der Waals surface area contributed by atoms with E-state index < -0.39 is 0 Å². The van der Waals surface area contributed by atoms with Crippen molar-refractivity contribution in [3.05, 3.63) is 58.7 Å². The van der Waals surface area contributed by atoms with Gasteiger partial charge in [0, 0.05) is 29.9 Å². The van der Waals surface area contributed by atoms with Gasteiger partial charge in [0.25, 0.3) is 0 Å². The molecule has 1 atom stereocenters. The van der Waals surface area contributed by atoms with Gasteiger partial charge in [0.1, 0.15) is 18.0 Å². The topological polar surface area (TPSA) is 49.2 Å². The lowest BCUT2D eigenvalue weighted by Gasteiger charge is -2.34. The fourth-order valence-corrected chi connectivity index (χ4v) is 2.76. The van der Waals surface area contributed by atoms with Crippen LogP contribution in [0, 0.1) is 11.3 Å². The minimum Gasteiger partial charge on any atom is -0.370 e. The Morgan fingerprint density at radius 2 is 2.14 bits per heavy atom. The summed E-state index contributed by atoms with van der Waals surface area (Å²) < 4.78 is 5.83. The van der Waals surface area contributed by atoms with Crippen LogP contribution in [-0.2, 0) is 4.74 Å². The summed E-state index contributed by atoms with van der Waals surface area (Å²) in [5.74, 6) is 0.709. The minimum atomic E-state index is -0.110. The molecule has 1 unspecified atom stereocenters. The van der Waals surface area contributed by atoms with Gasteiger partial charge in [-0.2, -0.15) is 5.26 Å². The number of pyridine rings is 1. The Kier molecular flexibility index (Phi) is 4.05. The Hall–Kier alpha value is -2.09. The monoisotopic (exact) mass is 299 g/mol. The van der Waals surface area contributed by atoms with E-state index >= 15 is 0 Å². The lowest BCUT2D eigenvalue weighted by molar-refractivity contribution is 0.0396. The van der Waals surface area contributed by atoms with E-state index in [1.54, 1.807) is 18.3 Å². The normalized spacial score (nSPS) is 18.3. The molecule has 1 aromatic heterocycles. The van der Waals surface area contributed by atoms with Crippen molar-refractivity contribution < 1.29 is 4.74 Å². The molecule has 1 saturated heterocycles. The summed E-state index contributed by atoms with van der Waals surface area (Å²) in [6, 6.07) is 13.4.